The predicted molar refractivity (Wildman–Crippen MR) is 43.1 cm³/mol. The first-order valence-electron chi connectivity index (χ1n) is 3.43. The van der Waals surface area contributed by atoms with E-state index in [0.29, 0.717) is 6.54 Å². The zero-order valence-corrected chi connectivity index (χ0v) is 6.63. The van der Waals surface area contributed by atoms with Crippen molar-refractivity contribution in [1.29, 1.82) is 0 Å². The van der Waals surface area contributed by atoms with Crippen molar-refractivity contribution in [3.63, 3.8) is 0 Å². The van der Waals surface area contributed by atoms with Crippen molar-refractivity contribution < 1.29 is 9.90 Å². The van der Waals surface area contributed by atoms with Crippen LogP contribution in [0, 0.1) is 0 Å². The monoisotopic (exact) mass is 158 g/mol. The first-order valence-corrected chi connectivity index (χ1v) is 3.43. The Morgan fingerprint density at radius 1 is 1.82 bits per heavy atom. The molecule has 11 heavy (non-hydrogen) atoms. The highest BCUT2D eigenvalue weighted by molar-refractivity contribution is 5.80. The van der Waals surface area contributed by atoms with Crippen molar-refractivity contribution in [3.8, 4) is 0 Å². The molecule has 0 saturated carbocycles. The van der Waals surface area contributed by atoms with Gasteiger partial charge in [0.15, 0.2) is 0 Å². The summed E-state index contributed by atoms with van der Waals surface area (Å²) in [6, 6.07) is 0. The van der Waals surface area contributed by atoms with Crippen LogP contribution in [0.4, 0.5) is 0 Å². The summed E-state index contributed by atoms with van der Waals surface area (Å²) in [5.41, 5.74) is 0. The molecule has 0 unspecified atom stereocenters. The molecule has 0 aromatic heterocycles. The fourth-order valence-corrected chi connectivity index (χ4v) is 0.581. The number of carbonyl (C=O) groups excluding carboxylic acids is 1. The summed E-state index contributed by atoms with van der Waals surface area (Å²) in [5, 5.41) is 14.2. The number of hydrogen-bond acceptors (Lipinski definition) is 3. The molecule has 0 bridgehead atoms. The van der Waals surface area contributed by atoms with E-state index in [2.05, 4.69) is 17.2 Å². The third-order valence-corrected chi connectivity index (χ3v) is 1.18. The van der Waals surface area contributed by atoms with Crippen molar-refractivity contribution >= 4 is 5.91 Å². The molecule has 0 rings (SSSR count). The maximum atomic E-state index is 10.7. The van der Waals surface area contributed by atoms with Crippen molar-refractivity contribution in [2.75, 3.05) is 20.1 Å². The average molecular weight is 158 g/mol. The SMILES string of the molecule is C=CCNC[C@H](O)C(=O)NC. The van der Waals surface area contributed by atoms with Crippen LogP contribution in [0.15, 0.2) is 12.7 Å². The van der Waals surface area contributed by atoms with Gasteiger partial charge in [-0.2, -0.15) is 0 Å². The normalized spacial score (nSPS) is 12.2. The Hall–Kier alpha value is -0.870. The van der Waals surface area contributed by atoms with E-state index < -0.39 is 6.10 Å². The standard InChI is InChI=1S/C7H14N2O2/c1-3-4-9-5-6(10)7(11)8-2/h3,6,9-10H,1,4-5H2,2H3,(H,8,11)/t6-/m0/s1. The van der Waals surface area contributed by atoms with E-state index in [0.717, 1.165) is 0 Å². The fraction of sp³-hybridized carbons (Fsp3) is 0.571. The first-order chi connectivity index (χ1) is 5.22. The highest BCUT2D eigenvalue weighted by Crippen LogP contribution is 1.78. The van der Waals surface area contributed by atoms with Crippen molar-refractivity contribution in [1.82, 2.24) is 10.6 Å². The van der Waals surface area contributed by atoms with E-state index in [1.165, 1.54) is 7.05 Å². The molecule has 0 spiro atoms. The first kappa shape index (κ1) is 10.1. The van der Waals surface area contributed by atoms with Gasteiger partial charge in [0, 0.05) is 20.1 Å². The Labute approximate surface area is 66.3 Å². The molecule has 1 amide bonds. The maximum absolute atomic E-state index is 10.7. The quantitative estimate of drug-likeness (QED) is 0.350. The minimum Gasteiger partial charge on any atom is -0.382 e. The van der Waals surface area contributed by atoms with Crippen LogP contribution in [0.3, 0.4) is 0 Å². The summed E-state index contributed by atoms with van der Waals surface area (Å²) in [6.07, 6.45) is 0.691. The smallest absolute Gasteiger partial charge is 0.249 e. The molecule has 0 fully saturated rings. The maximum Gasteiger partial charge on any atom is 0.249 e. The summed E-state index contributed by atoms with van der Waals surface area (Å²) in [7, 11) is 1.49. The molecule has 0 heterocycles. The van der Waals surface area contributed by atoms with Gasteiger partial charge in [-0.15, -0.1) is 6.58 Å². The molecule has 4 nitrogen and oxygen atoms in total. The van der Waals surface area contributed by atoms with Crippen molar-refractivity contribution in [2.24, 2.45) is 0 Å². The van der Waals surface area contributed by atoms with Gasteiger partial charge in [-0.3, -0.25) is 4.79 Å². The van der Waals surface area contributed by atoms with Crippen LogP contribution in [0.2, 0.25) is 0 Å². The van der Waals surface area contributed by atoms with Gasteiger partial charge in [0.05, 0.1) is 0 Å². The van der Waals surface area contributed by atoms with Gasteiger partial charge in [-0.05, 0) is 0 Å². The molecule has 0 aliphatic carbocycles. The molecule has 1 atom stereocenters. The molecule has 0 radical (unpaired) electrons. The van der Waals surface area contributed by atoms with Crippen molar-refractivity contribution in [3.05, 3.63) is 12.7 Å². The lowest BCUT2D eigenvalue weighted by atomic mass is 10.3. The van der Waals surface area contributed by atoms with Crippen LogP contribution >= 0.6 is 0 Å². The fourth-order valence-electron chi connectivity index (χ4n) is 0.581. The van der Waals surface area contributed by atoms with E-state index in [4.69, 9.17) is 5.11 Å². The summed E-state index contributed by atoms with van der Waals surface area (Å²) >= 11 is 0. The van der Waals surface area contributed by atoms with Crippen LogP contribution in [0.1, 0.15) is 0 Å². The van der Waals surface area contributed by atoms with Gasteiger partial charge in [-0.25, -0.2) is 0 Å². The summed E-state index contributed by atoms with van der Waals surface area (Å²) in [4.78, 5) is 10.7. The Bertz CT molecular complexity index is 136. The third-order valence-electron chi connectivity index (χ3n) is 1.18. The number of nitrogens with one attached hydrogen (secondary N) is 2. The molecule has 64 valence electrons. The van der Waals surface area contributed by atoms with Crippen LogP contribution in [-0.2, 0) is 4.79 Å². The second-order valence-corrected chi connectivity index (χ2v) is 2.08. The lowest BCUT2D eigenvalue weighted by Gasteiger charge is -2.08. The number of amides is 1. The Kier molecular flexibility index (Phi) is 5.42. The Balaban J connectivity index is 3.43. The summed E-state index contributed by atoms with van der Waals surface area (Å²) in [6.45, 7) is 4.32. The van der Waals surface area contributed by atoms with E-state index in [1.54, 1.807) is 6.08 Å². The zero-order chi connectivity index (χ0) is 8.69. The number of aliphatic hydroxyl groups excluding tert-OH is 1. The number of likely N-dealkylation sites (N-methyl/N-ethyl adjacent to an activating group) is 1. The topological polar surface area (TPSA) is 61.4 Å². The van der Waals surface area contributed by atoms with Gasteiger partial charge in [0.25, 0.3) is 0 Å². The van der Waals surface area contributed by atoms with Gasteiger partial charge in [0.2, 0.25) is 5.91 Å². The molecular weight excluding hydrogens is 144 g/mol. The van der Waals surface area contributed by atoms with Crippen LogP contribution in [-0.4, -0.2) is 37.3 Å². The zero-order valence-electron chi connectivity index (χ0n) is 6.63. The molecular formula is C7H14N2O2. The molecule has 0 saturated heterocycles. The number of carbonyl (C=O) groups is 1. The number of hydrogen-bond donors (Lipinski definition) is 3. The van der Waals surface area contributed by atoms with E-state index >= 15 is 0 Å². The summed E-state index contributed by atoms with van der Waals surface area (Å²) < 4.78 is 0. The molecule has 0 aliphatic heterocycles. The Morgan fingerprint density at radius 2 is 2.45 bits per heavy atom. The largest absolute Gasteiger partial charge is 0.382 e. The summed E-state index contributed by atoms with van der Waals surface area (Å²) in [5.74, 6) is -0.374. The minimum atomic E-state index is -0.972. The molecule has 3 N–H and O–H groups in total. The highest BCUT2D eigenvalue weighted by Gasteiger charge is 2.10. The second kappa shape index (κ2) is 5.88. The second-order valence-electron chi connectivity index (χ2n) is 2.08. The van der Waals surface area contributed by atoms with Crippen LogP contribution < -0.4 is 10.6 Å². The van der Waals surface area contributed by atoms with E-state index in [1.807, 2.05) is 0 Å². The third kappa shape index (κ3) is 4.52. The number of rotatable bonds is 5. The lowest BCUT2D eigenvalue weighted by molar-refractivity contribution is -0.128. The Morgan fingerprint density at radius 3 is 2.91 bits per heavy atom. The van der Waals surface area contributed by atoms with Crippen LogP contribution in [0.25, 0.3) is 0 Å². The average Bonchev–Trinajstić information content (AvgIpc) is 2.03. The van der Waals surface area contributed by atoms with E-state index in [-0.39, 0.29) is 12.5 Å². The van der Waals surface area contributed by atoms with Crippen molar-refractivity contribution in [2.45, 2.75) is 6.10 Å². The molecule has 0 aliphatic rings. The van der Waals surface area contributed by atoms with Gasteiger partial charge in [-0.1, -0.05) is 6.08 Å². The molecule has 0 aromatic rings. The van der Waals surface area contributed by atoms with Gasteiger partial charge < -0.3 is 15.7 Å². The predicted octanol–water partition coefficient (Wildman–Crippen LogP) is -1.13. The number of aliphatic hydroxyl groups is 1. The molecule has 4 heteroatoms. The lowest BCUT2D eigenvalue weighted by Crippen LogP contribution is -2.39. The highest BCUT2D eigenvalue weighted by atomic mass is 16.3. The van der Waals surface area contributed by atoms with Gasteiger partial charge in [0.1, 0.15) is 6.10 Å². The van der Waals surface area contributed by atoms with Gasteiger partial charge >= 0.3 is 0 Å². The molecule has 0 aromatic carbocycles. The van der Waals surface area contributed by atoms with E-state index in [9.17, 15) is 4.79 Å². The minimum absolute atomic E-state index is 0.256. The van der Waals surface area contributed by atoms with Crippen LogP contribution in [0.5, 0.6) is 0 Å².